The van der Waals surface area contributed by atoms with E-state index in [0.29, 0.717) is 19.4 Å². The van der Waals surface area contributed by atoms with E-state index in [9.17, 15) is 26.3 Å². The third-order valence-corrected chi connectivity index (χ3v) is 15.4. The Labute approximate surface area is 204 Å². The van der Waals surface area contributed by atoms with Gasteiger partial charge in [0.15, 0.2) is 0 Å². The molecule has 2 aliphatic rings. The fraction of sp³-hybridized carbons (Fsp3) is 0.231. The van der Waals surface area contributed by atoms with Gasteiger partial charge in [-0.15, -0.1) is 0 Å². The van der Waals surface area contributed by atoms with Crippen molar-refractivity contribution in [2.24, 2.45) is 0 Å². The molecule has 0 N–H and O–H groups in total. The fourth-order valence-corrected chi connectivity index (χ4v) is 13.8. The summed E-state index contributed by atoms with van der Waals surface area (Å²) in [6.45, 7) is 3.56. The molecule has 0 amide bonds. The van der Waals surface area contributed by atoms with Crippen LogP contribution in [-0.4, -0.2) is 0 Å². The number of alkyl halides is 6. The summed E-state index contributed by atoms with van der Waals surface area (Å²) in [6.07, 6.45) is -1.50. The van der Waals surface area contributed by atoms with Crippen LogP contribution < -0.4 is 5.63 Å². The molecule has 2 nitrogen and oxygen atoms in total. The van der Waals surface area contributed by atoms with Crippen LogP contribution >= 0.6 is 0 Å². The molecule has 0 saturated carbocycles. The number of allylic oxidation sites excluding steroid dienone is 8. The second-order valence-electron chi connectivity index (χ2n) is 8.34. The molecule has 2 aromatic carbocycles. The molecule has 4 rings (SSSR count). The minimum atomic E-state index is -5.19. The standard InChI is InChI=1S/2C7H5F3O.2C6H7.Zr/c2*8-7(9,10)5-3-1-2-4-6(5)11;2*1-6-4-2-3-5-6;/h2*1-4,11H;2*2,4H,3H2,1H3;/q;;;;+2/p-2. The Morgan fingerprint density at radius 1 is 0.629 bits per heavy atom. The van der Waals surface area contributed by atoms with E-state index in [2.05, 4.69) is 0 Å². The van der Waals surface area contributed by atoms with Crippen LogP contribution in [0.25, 0.3) is 0 Å². The van der Waals surface area contributed by atoms with Gasteiger partial charge in [0.1, 0.15) is 0 Å². The Morgan fingerprint density at radius 3 is 1.31 bits per heavy atom. The number of para-hydroxylation sites is 2. The van der Waals surface area contributed by atoms with E-state index in [-0.39, 0.29) is 0 Å². The quantitative estimate of drug-likeness (QED) is 0.323. The second-order valence-corrected chi connectivity index (χ2v) is 15.3. The number of hydrogen-bond donors (Lipinski definition) is 0. The van der Waals surface area contributed by atoms with E-state index >= 15 is 0 Å². The van der Waals surface area contributed by atoms with Gasteiger partial charge in [-0.05, 0) is 0 Å². The molecule has 0 heterocycles. The van der Waals surface area contributed by atoms with Gasteiger partial charge in [0.2, 0.25) is 0 Å². The van der Waals surface area contributed by atoms with Gasteiger partial charge in [-0.25, -0.2) is 0 Å². The van der Waals surface area contributed by atoms with E-state index in [0.717, 1.165) is 23.3 Å². The second kappa shape index (κ2) is 9.49. The van der Waals surface area contributed by atoms with Gasteiger partial charge in [0, 0.05) is 0 Å². The molecule has 0 bridgehead atoms. The van der Waals surface area contributed by atoms with Crippen LogP contribution in [0.1, 0.15) is 37.8 Å². The van der Waals surface area contributed by atoms with Crippen LogP contribution in [0.4, 0.5) is 26.3 Å². The average Bonchev–Trinajstić information content (AvgIpc) is 3.41. The first-order valence-electron chi connectivity index (χ1n) is 10.9. The predicted octanol–water partition coefficient (Wildman–Crippen LogP) is 8.63. The third kappa shape index (κ3) is 5.06. The molecule has 0 atom stereocenters. The van der Waals surface area contributed by atoms with Crippen LogP contribution in [0.2, 0.25) is 0 Å². The van der Waals surface area contributed by atoms with Crippen molar-refractivity contribution in [3.63, 3.8) is 0 Å². The number of rotatable bonds is 6. The molecule has 0 spiro atoms. The Hall–Kier alpha value is -2.54. The van der Waals surface area contributed by atoms with Crippen molar-refractivity contribution < 1.29 is 53.1 Å². The molecule has 0 saturated heterocycles. The molecule has 0 aromatic heterocycles. The van der Waals surface area contributed by atoms with Crippen molar-refractivity contribution in [2.45, 2.75) is 39.0 Å². The zero-order chi connectivity index (χ0) is 25.4. The Morgan fingerprint density at radius 2 is 1.00 bits per heavy atom. The first kappa shape index (κ1) is 25.6. The summed E-state index contributed by atoms with van der Waals surface area (Å²) < 4.78 is 97.3. The van der Waals surface area contributed by atoms with Crippen LogP contribution in [0.3, 0.4) is 0 Å². The van der Waals surface area contributed by atoms with Gasteiger partial charge < -0.3 is 0 Å². The summed E-state index contributed by atoms with van der Waals surface area (Å²) in [5, 5.41) is 0. The number of halogens is 6. The summed E-state index contributed by atoms with van der Waals surface area (Å²) in [5.74, 6) is -0.889. The molecule has 2 aromatic rings. The van der Waals surface area contributed by atoms with Crippen molar-refractivity contribution in [2.75, 3.05) is 0 Å². The van der Waals surface area contributed by atoms with Crippen molar-refractivity contribution in [1.82, 2.24) is 0 Å². The van der Waals surface area contributed by atoms with Crippen molar-refractivity contribution >= 4 is 0 Å². The summed E-state index contributed by atoms with van der Waals surface area (Å²) >= 11 is -5.19. The normalized spacial score (nSPS) is 16.5. The summed E-state index contributed by atoms with van der Waals surface area (Å²) in [4.78, 5) is 0. The van der Waals surface area contributed by atoms with Gasteiger partial charge in [0.25, 0.3) is 0 Å². The molecular weight excluding hydrogens is 549 g/mol. The first-order valence-corrected chi connectivity index (χ1v) is 15.3. The molecule has 0 radical (unpaired) electrons. The Balaban J connectivity index is 1.98. The number of benzene rings is 2. The predicted molar refractivity (Wildman–Crippen MR) is 117 cm³/mol. The molecule has 184 valence electrons. The zero-order valence-electron chi connectivity index (χ0n) is 18.9. The van der Waals surface area contributed by atoms with E-state index < -0.39 is 56.1 Å². The molecular formula is C26H22F6O2Zr. The summed E-state index contributed by atoms with van der Waals surface area (Å²) in [6, 6.07) is 9.51. The van der Waals surface area contributed by atoms with Crippen LogP contribution in [0.5, 0.6) is 11.5 Å². The average molecular weight is 572 g/mol. The van der Waals surface area contributed by atoms with Crippen LogP contribution in [-0.2, 0) is 33.5 Å². The molecule has 2 aliphatic carbocycles. The summed E-state index contributed by atoms with van der Waals surface area (Å²) in [5.41, 5.74) is -0.520. The van der Waals surface area contributed by atoms with Crippen molar-refractivity contribution in [3.05, 3.63) is 102 Å². The van der Waals surface area contributed by atoms with Gasteiger partial charge in [-0.1, -0.05) is 0 Å². The zero-order valence-corrected chi connectivity index (χ0v) is 21.4. The van der Waals surface area contributed by atoms with Crippen molar-refractivity contribution in [1.29, 1.82) is 0 Å². The van der Waals surface area contributed by atoms with Gasteiger partial charge in [-0.3, -0.25) is 0 Å². The van der Waals surface area contributed by atoms with Crippen LogP contribution in [0, 0.1) is 0 Å². The van der Waals surface area contributed by atoms with E-state index in [1.807, 2.05) is 12.2 Å². The minimum absolute atomic E-state index is 0.334. The van der Waals surface area contributed by atoms with Crippen LogP contribution in [0.15, 0.2) is 90.5 Å². The van der Waals surface area contributed by atoms with E-state index in [1.54, 1.807) is 26.0 Å². The molecule has 0 unspecified atom stereocenters. The SMILES string of the molecule is CC1=[C]([Zr]([O]c2ccccc2C(F)(F)F)([O]c2ccccc2C(F)(F)F)[C]2=C(C)C=CC2)CC=C1. The number of hydrogen-bond acceptors (Lipinski definition) is 2. The maximum atomic E-state index is 13.9. The Bertz CT molecular complexity index is 1150. The van der Waals surface area contributed by atoms with E-state index in [1.165, 1.54) is 36.4 Å². The molecule has 0 aliphatic heterocycles. The van der Waals surface area contributed by atoms with Gasteiger partial charge in [0.05, 0.1) is 0 Å². The molecule has 0 fully saturated rings. The monoisotopic (exact) mass is 570 g/mol. The van der Waals surface area contributed by atoms with Crippen molar-refractivity contribution in [3.8, 4) is 11.5 Å². The fourth-order valence-electron chi connectivity index (χ4n) is 4.36. The maximum absolute atomic E-state index is 13.9. The third-order valence-electron chi connectivity index (χ3n) is 6.02. The first-order chi connectivity index (χ1) is 16.4. The van der Waals surface area contributed by atoms with Gasteiger partial charge in [-0.2, -0.15) is 0 Å². The molecule has 9 heteroatoms. The topological polar surface area (TPSA) is 18.5 Å². The molecule has 35 heavy (non-hydrogen) atoms. The van der Waals surface area contributed by atoms with Gasteiger partial charge >= 0.3 is 205 Å². The summed E-state index contributed by atoms with van der Waals surface area (Å²) in [7, 11) is 0. The Kier molecular flexibility index (Phi) is 6.93. The van der Waals surface area contributed by atoms with E-state index in [4.69, 9.17) is 5.63 Å².